The normalized spacial score (nSPS) is 31.8. The summed E-state index contributed by atoms with van der Waals surface area (Å²) in [4.78, 5) is 12.3. The van der Waals surface area contributed by atoms with Gasteiger partial charge in [-0.05, 0) is 42.7 Å². The summed E-state index contributed by atoms with van der Waals surface area (Å²) < 4.78 is 0. The zero-order valence-corrected chi connectivity index (χ0v) is 15.7. The van der Waals surface area contributed by atoms with Crippen molar-refractivity contribution < 1.29 is 9.90 Å². The van der Waals surface area contributed by atoms with E-state index in [1.165, 1.54) is 6.42 Å². The summed E-state index contributed by atoms with van der Waals surface area (Å²) in [5, 5.41) is 13.6. The van der Waals surface area contributed by atoms with Crippen LogP contribution in [0.2, 0.25) is 0 Å². The van der Waals surface area contributed by atoms with Gasteiger partial charge < -0.3 is 10.4 Å². The molecule has 3 nitrogen and oxygen atoms in total. The van der Waals surface area contributed by atoms with E-state index in [1.807, 2.05) is 49.0 Å². The number of thioether (sulfide) groups is 1. The molecule has 0 heterocycles. The zero-order valence-electron chi connectivity index (χ0n) is 14.9. The smallest absolute Gasteiger partial charge is 0.228 e. The zero-order chi connectivity index (χ0) is 17.4. The number of nitrogens with one attached hydrogen (secondary N) is 1. The Morgan fingerprint density at radius 1 is 1.38 bits per heavy atom. The predicted molar refractivity (Wildman–Crippen MR) is 101 cm³/mol. The Balaban J connectivity index is 1.52. The van der Waals surface area contributed by atoms with Gasteiger partial charge in [-0.1, -0.05) is 39.0 Å². The van der Waals surface area contributed by atoms with Crippen molar-refractivity contribution in [1.29, 1.82) is 0 Å². The summed E-state index contributed by atoms with van der Waals surface area (Å²) in [5.74, 6) is 2.45. The second-order valence-corrected chi connectivity index (χ2v) is 9.17. The fourth-order valence-electron chi connectivity index (χ4n) is 4.66. The molecule has 24 heavy (non-hydrogen) atoms. The van der Waals surface area contributed by atoms with Gasteiger partial charge in [0.15, 0.2) is 0 Å². The Kier molecular flexibility index (Phi) is 4.99. The van der Waals surface area contributed by atoms with E-state index < -0.39 is 0 Å². The van der Waals surface area contributed by atoms with E-state index in [1.54, 1.807) is 0 Å². The molecule has 3 rings (SSSR count). The molecule has 1 amide bonds. The second-order valence-electron chi connectivity index (χ2n) is 8.14. The highest BCUT2D eigenvalue weighted by Gasteiger charge is 2.63. The molecule has 2 aliphatic carbocycles. The van der Waals surface area contributed by atoms with Gasteiger partial charge in [-0.3, -0.25) is 4.79 Å². The topological polar surface area (TPSA) is 49.3 Å². The monoisotopic (exact) mass is 347 g/mol. The lowest BCUT2D eigenvalue weighted by Crippen LogP contribution is -2.41. The van der Waals surface area contributed by atoms with Gasteiger partial charge in [-0.2, -0.15) is 11.8 Å². The maximum atomic E-state index is 12.3. The SMILES string of the molecule is C[C@@H](CSCC12CCC(CC1O)C2(C)C)C(=O)Nc1ccccc1. The Bertz CT molecular complexity index is 589. The number of aliphatic hydroxyl groups excluding tert-OH is 1. The third-order valence-corrected chi connectivity index (χ3v) is 8.06. The molecular weight excluding hydrogens is 318 g/mol. The average Bonchev–Trinajstić information content (AvgIpc) is 2.90. The highest BCUT2D eigenvalue weighted by molar-refractivity contribution is 7.99. The molecule has 2 saturated carbocycles. The summed E-state index contributed by atoms with van der Waals surface area (Å²) in [5.41, 5.74) is 1.11. The van der Waals surface area contributed by atoms with Crippen molar-refractivity contribution in [3.63, 3.8) is 0 Å². The van der Waals surface area contributed by atoms with Crippen LogP contribution in [0.4, 0.5) is 5.69 Å². The Hall–Kier alpha value is -1.00. The minimum Gasteiger partial charge on any atom is -0.392 e. The molecule has 0 radical (unpaired) electrons. The second kappa shape index (κ2) is 6.72. The van der Waals surface area contributed by atoms with Crippen LogP contribution in [0.5, 0.6) is 0 Å². The van der Waals surface area contributed by atoms with Gasteiger partial charge in [0.1, 0.15) is 0 Å². The Labute approximate surface area is 149 Å². The predicted octanol–water partition coefficient (Wildman–Crippen LogP) is 4.18. The van der Waals surface area contributed by atoms with Gasteiger partial charge >= 0.3 is 0 Å². The van der Waals surface area contributed by atoms with Crippen molar-refractivity contribution in [2.45, 2.75) is 46.1 Å². The van der Waals surface area contributed by atoms with Crippen molar-refractivity contribution in [1.82, 2.24) is 0 Å². The van der Waals surface area contributed by atoms with E-state index in [9.17, 15) is 9.90 Å². The number of anilines is 1. The number of rotatable bonds is 6. The van der Waals surface area contributed by atoms with Gasteiger partial charge in [0, 0.05) is 28.5 Å². The fraction of sp³-hybridized carbons (Fsp3) is 0.650. The summed E-state index contributed by atoms with van der Waals surface area (Å²) in [6.07, 6.45) is 3.16. The Morgan fingerprint density at radius 2 is 2.08 bits per heavy atom. The maximum absolute atomic E-state index is 12.3. The summed E-state index contributed by atoms with van der Waals surface area (Å²) in [7, 11) is 0. The van der Waals surface area contributed by atoms with Crippen LogP contribution in [0, 0.1) is 22.7 Å². The number of carbonyl (C=O) groups is 1. The average molecular weight is 348 g/mol. The standard InChI is InChI=1S/C20H29NO2S/c1-14(18(23)21-16-7-5-4-6-8-16)12-24-13-20-10-9-15(11-17(20)22)19(20,2)3/h4-8,14-15,17,22H,9-13H2,1-3H3,(H,21,23)/t14-,15?,17?,20?/m0/s1. The molecule has 2 N–H and O–H groups in total. The van der Waals surface area contributed by atoms with Crippen molar-refractivity contribution >= 4 is 23.4 Å². The van der Waals surface area contributed by atoms with Crippen LogP contribution >= 0.6 is 11.8 Å². The van der Waals surface area contributed by atoms with Crippen LogP contribution < -0.4 is 5.32 Å². The minimum absolute atomic E-state index is 0.0366. The molecule has 1 aromatic rings. The third-order valence-electron chi connectivity index (χ3n) is 6.60. The molecule has 0 spiro atoms. The van der Waals surface area contributed by atoms with Gasteiger partial charge in [-0.15, -0.1) is 0 Å². The van der Waals surface area contributed by atoms with E-state index >= 15 is 0 Å². The molecule has 4 atom stereocenters. The van der Waals surface area contributed by atoms with E-state index in [-0.39, 0.29) is 28.8 Å². The molecule has 132 valence electrons. The van der Waals surface area contributed by atoms with Crippen molar-refractivity contribution in [2.24, 2.45) is 22.7 Å². The lowest BCUT2D eigenvalue weighted by Gasteiger charge is -2.40. The number of amides is 1. The molecule has 2 bridgehead atoms. The molecule has 3 unspecified atom stereocenters. The molecular formula is C20H29NO2S. The molecule has 2 aliphatic rings. The Morgan fingerprint density at radius 3 is 2.67 bits per heavy atom. The third kappa shape index (κ3) is 2.99. The summed E-state index contributed by atoms with van der Waals surface area (Å²) in [6.45, 7) is 6.64. The van der Waals surface area contributed by atoms with Gasteiger partial charge in [0.05, 0.1) is 6.10 Å². The molecule has 0 saturated heterocycles. The number of para-hydroxylation sites is 1. The van der Waals surface area contributed by atoms with Crippen LogP contribution in [0.15, 0.2) is 30.3 Å². The lowest BCUT2D eigenvalue weighted by atomic mass is 9.70. The number of hydrogen-bond donors (Lipinski definition) is 2. The van der Waals surface area contributed by atoms with Gasteiger partial charge in [0.25, 0.3) is 0 Å². The maximum Gasteiger partial charge on any atom is 0.228 e. The number of fused-ring (bicyclic) bond motifs is 2. The molecule has 4 heteroatoms. The quantitative estimate of drug-likeness (QED) is 0.811. The molecule has 1 aromatic carbocycles. The lowest BCUT2D eigenvalue weighted by molar-refractivity contribution is -0.118. The number of carbonyl (C=O) groups excluding carboxylic acids is 1. The van der Waals surface area contributed by atoms with Gasteiger partial charge in [-0.25, -0.2) is 0 Å². The molecule has 2 fully saturated rings. The molecule has 0 aliphatic heterocycles. The highest BCUT2D eigenvalue weighted by Crippen LogP contribution is 2.66. The van der Waals surface area contributed by atoms with Crippen molar-refractivity contribution in [3.8, 4) is 0 Å². The summed E-state index contributed by atoms with van der Waals surface area (Å²) >= 11 is 1.83. The van der Waals surface area contributed by atoms with Crippen LogP contribution in [0.25, 0.3) is 0 Å². The van der Waals surface area contributed by atoms with Crippen LogP contribution in [0.1, 0.15) is 40.0 Å². The van der Waals surface area contributed by atoms with E-state index in [0.29, 0.717) is 5.92 Å². The summed E-state index contributed by atoms with van der Waals surface area (Å²) in [6, 6.07) is 9.61. The van der Waals surface area contributed by atoms with E-state index in [0.717, 1.165) is 30.0 Å². The van der Waals surface area contributed by atoms with Crippen LogP contribution in [0.3, 0.4) is 0 Å². The van der Waals surface area contributed by atoms with E-state index in [2.05, 4.69) is 19.2 Å². The first-order valence-corrected chi connectivity index (χ1v) is 10.1. The van der Waals surface area contributed by atoms with Gasteiger partial charge in [0.2, 0.25) is 5.91 Å². The highest BCUT2D eigenvalue weighted by atomic mass is 32.2. The first kappa shape index (κ1) is 17.8. The fourth-order valence-corrected chi connectivity index (χ4v) is 6.36. The minimum atomic E-state index is -0.174. The number of hydrogen-bond acceptors (Lipinski definition) is 3. The first-order chi connectivity index (χ1) is 11.4. The van der Waals surface area contributed by atoms with Crippen molar-refractivity contribution in [3.05, 3.63) is 30.3 Å². The first-order valence-electron chi connectivity index (χ1n) is 8.98. The largest absolute Gasteiger partial charge is 0.392 e. The number of aliphatic hydroxyl groups is 1. The number of benzene rings is 1. The van der Waals surface area contributed by atoms with Crippen LogP contribution in [-0.4, -0.2) is 28.6 Å². The van der Waals surface area contributed by atoms with Crippen LogP contribution in [-0.2, 0) is 4.79 Å². The van der Waals surface area contributed by atoms with Crippen molar-refractivity contribution in [2.75, 3.05) is 16.8 Å². The van der Waals surface area contributed by atoms with E-state index in [4.69, 9.17) is 0 Å². The molecule has 0 aromatic heterocycles.